The molecule has 0 unspecified atom stereocenters. The lowest BCUT2D eigenvalue weighted by molar-refractivity contribution is 0.103. The van der Waals surface area contributed by atoms with E-state index < -0.39 is 0 Å². The molecule has 3 N–H and O–H groups in total. The summed E-state index contributed by atoms with van der Waals surface area (Å²) in [5.41, 5.74) is 7.65. The second-order valence-electron chi connectivity index (χ2n) is 3.98. The molecular formula is C13H13ClN2O2S. The monoisotopic (exact) mass is 296 g/mol. The van der Waals surface area contributed by atoms with Gasteiger partial charge in [-0.1, -0.05) is 11.6 Å². The third kappa shape index (κ3) is 2.83. The van der Waals surface area contributed by atoms with Crippen molar-refractivity contribution in [1.29, 1.82) is 0 Å². The molecule has 4 nitrogen and oxygen atoms in total. The number of hydrogen-bond donors (Lipinski definition) is 2. The summed E-state index contributed by atoms with van der Waals surface area (Å²) in [4.78, 5) is 12.6. The molecule has 19 heavy (non-hydrogen) atoms. The number of anilines is 2. The van der Waals surface area contributed by atoms with Crippen LogP contribution in [0.5, 0.6) is 5.75 Å². The summed E-state index contributed by atoms with van der Waals surface area (Å²) in [6, 6.07) is 5.05. The number of nitrogen functional groups attached to an aromatic ring is 1. The molecule has 0 saturated carbocycles. The number of thiophene rings is 1. The second-order valence-corrected chi connectivity index (χ2v) is 5.23. The van der Waals surface area contributed by atoms with Crippen LogP contribution in [-0.4, -0.2) is 13.0 Å². The van der Waals surface area contributed by atoms with E-state index in [-0.39, 0.29) is 5.91 Å². The third-order valence-corrected chi connectivity index (χ3v) is 4.27. The average Bonchev–Trinajstić information content (AvgIpc) is 2.70. The number of nitrogens with one attached hydrogen (secondary N) is 1. The molecule has 0 aliphatic carbocycles. The van der Waals surface area contributed by atoms with Gasteiger partial charge < -0.3 is 15.8 Å². The predicted molar refractivity (Wildman–Crippen MR) is 79.4 cm³/mol. The Kier molecular flexibility index (Phi) is 3.97. The van der Waals surface area contributed by atoms with Crippen LogP contribution in [0.15, 0.2) is 23.6 Å². The number of ether oxygens (including phenoxy) is 1. The summed E-state index contributed by atoms with van der Waals surface area (Å²) in [5, 5.41) is 5.07. The Morgan fingerprint density at radius 2 is 2.21 bits per heavy atom. The number of hydrogen-bond acceptors (Lipinski definition) is 4. The van der Waals surface area contributed by atoms with Crippen LogP contribution in [0.3, 0.4) is 0 Å². The van der Waals surface area contributed by atoms with E-state index in [0.29, 0.717) is 27.0 Å². The van der Waals surface area contributed by atoms with Crippen LogP contribution in [0.2, 0.25) is 5.02 Å². The Bertz CT molecular complexity index is 625. The fraction of sp³-hybridized carbons (Fsp3) is 0.154. The largest absolute Gasteiger partial charge is 0.495 e. The topological polar surface area (TPSA) is 64.3 Å². The third-order valence-electron chi connectivity index (χ3n) is 2.58. The zero-order chi connectivity index (χ0) is 14.0. The molecule has 2 aromatic rings. The minimum absolute atomic E-state index is 0.271. The highest BCUT2D eigenvalue weighted by molar-refractivity contribution is 7.13. The molecule has 0 saturated heterocycles. The molecule has 100 valence electrons. The second kappa shape index (κ2) is 5.50. The number of aryl methyl sites for hydroxylation is 1. The number of halogens is 1. The number of rotatable bonds is 3. The van der Waals surface area contributed by atoms with Gasteiger partial charge in [-0.25, -0.2) is 0 Å². The first-order chi connectivity index (χ1) is 9.02. The van der Waals surface area contributed by atoms with Crippen LogP contribution in [0, 0.1) is 6.92 Å². The lowest BCUT2D eigenvalue weighted by Crippen LogP contribution is -2.12. The van der Waals surface area contributed by atoms with Crippen LogP contribution in [0.1, 0.15) is 15.2 Å². The van der Waals surface area contributed by atoms with Crippen molar-refractivity contribution < 1.29 is 9.53 Å². The number of methoxy groups -OCH3 is 1. The van der Waals surface area contributed by atoms with Crippen molar-refractivity contribution in [2.45, 2.75) is 6.92 Å². The molecule has 6 heteroatoms. The maximum absolute atomic E-state index is 12.1. The summed E-state index contributed by atoms with van der Waals surface area (Å²) < 4.78 is 5.17. The van der Waals surface area contributed by atoms with Crippen molar-refractivity contribution in [1.82, 2.24) is 0 Å². The van der Waals surface area contributed by atoms with E-state index in [1.54, 1.807) is 18.2 Å². The molecule has 0 radical (unpaired) electrons. The molecule has 0 spiro atoms. The van der Waals surface area contributed by atoms with Gasteiger partial charge in [0, 0.05) is 5.69 Å². The molecule has 1 amide bonds. The van der Waals surface area contributed by atoms with Crippen LogP contribution in [-0.2, 0) is 0 Å². The average molecular weight is 297 g/mol. The first-order valence-corrected chi connectivity index (χ1v) is 6.77. The Morgan fingerprint density at radius 3 is 2.79 bits per heavy atom. The Morgan fingerprint density at radius 1 is 1.47 bits per heavy atom. The van der Waals surface area contributed by atoms with Gasteiger partial charge in [0.1, 0.15) is 10.6 Å². The number of carbonyl (C=O) groups excluding carboxylic acids is 1. The summed E-state index contributed by atoms with van der Waals surface area (Å²) in [5.74, 6) is 0.277. The number of amides is 1. The van der Waals surface area contributed by atoms with Gasteiger partial charge in [0.05, 0.1) is 17.8 Å². The van der Waals surface area contributed by atoms with Gasteiger partial charge in [-0.05, 0) is 36.1 Å². The lowest BCUT2D eigenvalue weighted by Gasteiger charge is -2.10. The SMILES string of the molecule is COc1ccc(N)cc1NC(=O)c1scc(C)c1Cl. The molecule has 0 aliphatic rings. The highest BCUT2D eigenvalue weighted by Gasteiger charge is 2.16. The predicted octanol–water partition coefficient (Wildman–Crippen LogP) is 3.55. The molecule has 0 atom stereocenters. The van der Waals surface area contributed by atoms with Crippen molar-refractivity contribution in [2.75, 3.05) is 18.2 Å². The molecular weight excluding hydrogens is 284 g/mol. The first-order valence-electron chi connectivity index (χ1n) is 5.51. The van der Waals surface area contributed by atoms with Gasteiger partial charge in [0.2, 0.25) is 0 Å². The van der Waals surface area contributed by atoms with E-state index in [4.69, 9.17) is 22.1 Å². The van der Waals surface area contributed by atoms with Gasteiger partial charge in [-0.15, -0.1) is 11.3 Å². The maximum atomic E-state index is 12.1. The smallest absolute Gasteiger partial charge is 0.267 e. The van der Waals surface area contributed by atoms with E-state index >= 15 is 0 Å². The molecule has 2 rings (SSSR count). The summed E-state index contributed by atoms with van der Waals surface area (Å²) >= 11 is 7.37. The fourth-order valence-corrected chi connectivity index (χ4v) is 2.76. The van der Waals surface area contributed by atoms with Crippen molar-refractivity contribution in [3.8, 4) is 5.75 Å². The normalized spacial score (nSPS) is 10.3. The first kappa shape index (κ1) is 13.7. The van der Waals surface area contributed by atoms with Crippen molar-refractivity contribution >= 4 is 40.2 Å². The standard InChI is InChI=1S/C13H13ClN2O2S/c1-7-6-19-12(11(7)14)13(17)16-9-5-8(15)3-4-10(9)18-2/h3-6H,15H2,1-2H3,(H,16,17). The van der Waals surface area contributed by atoms with Crippen LogP contribution >= 0.6 is 22.9 Å². The molecule has 1 heterocycles. The lowest BCUT2D eigenvalue weighted by atomic mass is 10.2. The number of nitrogens with two attached hydrogens (primary N) is 1. The van der Waals surface area contributed by atoms with Gasteiger partial charge in [0.15, 0.2) is 0 Å². The van der Waals surface area contributed by atoms with E-state index in [2.05, 4.69) is 5.32 Å². The van der Waals surface area contributed by atoms with Gasteiger partial charge >= 0.3 is 0 Å². The van der Waals surface area contributed by atoms with Gasteiger partial charge in [-0.2, -0.15) is 0 Å². The molecule has 1 aromatic carbocycles. The Hall–Kier alpha value is -1.72. The Balaban J connectivity index is 2.28. The maximum Gasteiger partial charge on any atom is 0.267 e. The fourth-order valence-electron chi connectivity index (χ4n) is 1.59. The molecule has 0 aliphatic heterocycles. The van der Waals surface area contributed by atoms with Crippen LogP contribution in [0.25, 0.3) is 0 Å². The summed E-state index contributed by atoms with van der Waals surface area (Å²) in [6.07, 6.45) is 0. The van der Waals surface area contributed by atoms with E-state index in [9.17, 15) is 4.79 Å². The minimum atomic E-state index is -0.271. The Labute approximate surface area is 120 Å². The van der Waals surface area contributed by atoms with E-state index in [1.165, 1.54) is 18.4 Å². The van der Waals surface area contributed by atoms with Crippen LogP contribution in [0.4, 0.5) is 11.4 Å². The zero-order valence-electron chi connectivity index (χ0n) is 10.5. The van der Waals surface area contributed by atoms with Gasteiger partial charge in [0.25, 0.3) is 5.91 Å². The van der Waals surface area contributed by atoms with Crippen LogP contribution < -0.4 is 15.8 Å². The van der Waals surface area contributed by atoms with Crippen molar-refractivity contribution in [3.63, 3.8) is 0 Å². The van der Waals surface area contributed by atoms with Crippen molar-refractivity contribution in [3.05, 3.63) is 39.0 Å². The highest BCUT2D eigenvalue weighted by atomic mass is 35.5. The molecule has 1 aromatic heterocycles. The zero-order valence-corrected chi connectivity index (χ0v) is 12.1. The minimum Gasteiger partial charge on any atom is -0.495 e. The molecule has 0 fully saturated rings. The van der Waals surface area contributed by atoms with E-state index in [0.717, 1.165) is 5.56 Å². The number of carbonyl (C=O) groups is 1. The molecule has 0 bridgehead atoms. The van der Waals surface area contributed by atoms with E-state index in [1.807, 2.05) is 12.3 Å². The summed E-state index contributed by atoms with van der Waals surface area (Å²) in [7, 11) is 1.53. The van der Waals surface area contributed by atoms with Gasteiger partial charge in [-0.3, -0.25) is 4.79 Å². The summed E-state index contributed by atoms with van der Waals surface area (Å²) in [6.45, 7) is 1.86. The quantitative estimate of drug-likeness (QED) is 0.851. The highest BCUT2D eigenvalue weighted by Crippen LogP contribution is 2.30. The number of benzene rings is 1. The van der Waals surface area contributed by atoms with Crippen molar-refractivity contribution in [2.24, 2.45) is 0 Å².